The Morgan fingerprint density at radius 1 is 1.15 bits per heavy atom. The van der Waals surface area contributed by atoms with Crippen LogP contribution in [0.15, 0.2) is 67.0 Å². The van der Waals surface area contributed by atoms with Gasteiger partial charge in [0.1, 0.15) is 12.4 Å². The van der Waals surface area contributed by atoms with E-state index in [9.17, 15) is 4.79 Å². The van der Waals surface area contributed by atoms with Gasteiger partial charge in [0.05, 0.1) is 18.2 Å². The van der Waals surface area contributed by atoms with E-state index in [0.29, 0.717) is 6.61 Å². The highest BCUT2D eigenvalue weighted by Gasteiger charge is 2.25. The number of benzene rings is 2. The molecule has 1 aromatic heterocycles. The Bertz CT molecular complexity index is 941. The van der Waals surface area contributed by atoms with Gasteiger partial charge in [0.15, 0.2) is 0 Å². The Morgan fingerprint density at radius 3 is 2.85 bits per heavy atom. The number of nitrogens with one attached hydrogen (secondary N) is 1. The molecule has 0 fully saturated rings. The second kappa shape index (κ2) is 6.88. The molecule has 1 atom stereocenters. The summed E-state index contributed by atoms with van der Waals surface area (Å²) < 4.78 is 6.00. The van der Waals surface area contributed by atoms with Crippen LogP contribution in [0, 0.1) is 0 Å². The predicted octanol–water partition coefficient (Wildman–Crippen LogP) is 3.80. The molecule has 5 nitrogen and oxygen atoms in total. The topological polar surface area (TPSA) is 71.5 Å². The molecule has 0 amide bonds. The summed E-state index contributed by atoms with van der Waals surface area (Å²) in [4.78, 5) is 15.3. The SMILES string of the molecule is O=C(O)Cc1ccc2c(c1)C(Nc1cccnc1)c1ccccc1CO2. The molecule has 5 heteroatoms. The number of carboxylic acids is 1. The molecule has 26 heavy (non-hydrogen) atoms. The van der Waals surface area contributed by atoms with Gasteiger partial charge in [-0.1, -0.05) is 30.3 Å². The van der Waals surface area contributed by atoms with Crippen molar-refractivity contribution in [1.82, 2.24) is 4.98 Å². The van der Waals surface area contributed by atoms with Crippen molar-refractivity contribution in [2.45, 2.75) is 19.1 Å². The standard InChI is InChI=1S/C21H18N2O3/c24-20(25)11-14-7-8-19-18(10-14)21(23-16-5-3-9-22-12-16)17-6-2-1-4-15(17)13-26-19/h1-10,12,21,23H,11,13H2,(H,24,25). The monoisotopic (exact) mass is 346 g/mol. The lowest BCUT2D eigenvalue weighted by atomic mass is 9.93. The number of carbonyl (C=O) groups is 1. The molecule has 0 aliphatic carbocycles. The molecule has 3 aromatic rings. The molecular weight excluding hydrogens is 328 g/mol. The van der Waals surface area contributed by atoms with Gasteiger partial charge in [0, 0.05) is 18.0 Å². The number of ether oxygens (including phenoxy) is 1. The number of hydrogen-bond donors (Lipinski definition) is 2. The van der Waals surface area contributed by atoms with E-state index >= 15 is 0 Å². The lowest BCUT2D eigenvalue weighted by molar-refractivity contribution is -0.136. The molecule has 2 N–H and O–H groups in total. The second-order valence-electron chi connectivity index (χ2n) is 6.25. The van der Waals surface area contributed by atoms with Crippen LogP contribution in [0.25, 0.3) is 0 Å². The van der Waals surface area contributed by atoms with Crippen molar-refractivity contribution >= 4 is 11.7 Å². The van der Waals surface area contributed by atoms with Crippen LogP contribution in [0.2, 0.25) is 0 Å². The van der Waals surface area contributed by atoms with Crippen molar-refractivity contribution in [2.24, 2.45) is 0 Å². The van der Waals surface area contributed by atoms with E-state index in [1.54, 1.807) is 12.4 Å². The van der Waals surface area contributed by atoms with Crippen LogP contribution in [-0.4, -0.2) is 16.1 Å². The van der Waals surface area contributed by atoms with Crippen LogP contribution in [0.3, 0.4) is 0 Å². The molecule has 0 radical (unpaired) electrons. The molecule has 1 aliphatic heterocycles. The summed E-state index contributed by atoms with van der Waals surface area (Å²) in [5.41, 5.74) is 4.78. The normalized spacial score (nSPS) is 15.2. The van der Waals surface area contributed by atoms with Crippen LogP contribution >= 0.6 is 0 Å². The summed E-state index contributed by atoms with van der Waals surface area (Å²) in [6, 6.07) is 17.4. The van der Waals surface area contributed by atoms with Crippen molar-refractivity contribution in [3.63, 3.8) is 0 Å². The number of fused-ring (bicyclic) bond motifs is 2. The van der Waals surface area contributed by atoms with Gasteiger partial charge in [0.25, 0.3) is 0 Å². The highest BCUT2D eigenvalue weighted by molar-refractivity contribution is 5.70. The molecule has 0 bridgehead atoms. The minimum atomic E-state index is -0.850. The number of carboxylic acid groups (broad SMARTS) is 1. The first-order valence-corrected chi connectivity index (χ1v) is 8.42. The van der Waals surface area contributed by atoms with Gasteiger partial charge < -0.3 is 15.2 Å². The van der Waals surface area contributed by atoms with Crippen molar-refractivity contribution in [3.8, 4) is 5.75 Å². The van der Waals surface area contributed by atoms with Crippen LogP contribution < -0.4 is 10.1 Å². The molecule has 0 spiro atoms. The predicted molar refractivity (Wildman–Crippen MR) is 98.3 cm³/mol. The third kappa shape index (κ3) is 3.24. The molecule has 0 saturated heterocycles. The van der Waals surface area contributed by atoms with Gasteiger partial charge in [-0.2, -0.15) is 0 Å². The lowest BCUT2D eigenvalue weighted by Crippen LogP contribution is -2.14. The minimum Gasteiger partial charge on any atom is -0.489 e. The summed E-state index contributed by atoms with van der Waals surface area (Å²) in [7, 11) is 0. The van der Waals surface area contributed by atoms with E-state index in [4.69, 9.17) is 9.84 Å². The maximum absolute atomic E-state index is 11.1. The van der Waals surface area contributed by atoms with Crippen LogP contribution in [0.5, 0.6) is 5.75 Å². The Labute approximate surface area is 151 Å². The van der Waals surface area contributed by atoms with Crippen LogP contribution in [-0.2, 0) is 17.8 Å². The summed E-state index contributed by atoms with van der Waals surface area (Å²) in [5.74, 6) is -0.0895. The van der Waals surface area contributed by atoms with Gasteiger partial charge >= 0.3 is 5.97 Å². The first-order valence-electron chi connectivity index (χ1n) is 8.42. The highest BCUT2D eigenvalue weighted by Crippen LogP contribution is 2.38. The maximum atomic E-state index is 11.1. The summed E-state index contributed by atoms with van der Waals surface area (Å²) in [6.07, 6.45) is 3.48. The number of anilines is 1. The van der Waals surface area contributed by atoms with Gasteiger partial charge in [-0.15, -0.1) is 0 Å². The number of aromatic nitrogens is 1. The van der Waals surface area contributed by atoms with Gasteiger partial charge in [-0.25, -0.2) is 0 Å². The fraction of sp³-hybridized carbons (Fsp3) is 0.143. The maximum Gasteiger partial charge on any atom is 0.307 e. The van der Waals surface area contributed by atoms with E-state index in [1.807, 2.05) is 42.5 Å². The summed E-state index contributed by atoms with van der Waals surface area (Å²) in [5, 5.41) is 12.7. The lowest BCUT2D eigenvalue weighted by Gasteiger charge is -2.22. The molecule has 1 aliphatic rings. The van der Waals surface area contributed by atoms with E-state index in [2.05, 4.69) is 22.4 Å². The average Bonchev–Trinajstić information content (AvgIpc) is 2.80. The zero-order chi connectivity index (χ0) is 17.9. The smallest absolute Gasteiger partial charge is 0.307 e. The fourth-order valence-corrected chi connectivity index (χ4v) is 3.28. The van der Waals surface area contributed by atoms with Gasteiger partial charge in [-0.3, -0.25) is 9.78 Å². The number of nitrogens with zero attached hydrogens (tertiary/aromatic N) is 1. The molecule has 2 aromatic carbocycles. The second-order valence-corrected chi connectivity index (χ2v) is 6.25. The minimum absolute atomic E-state index is 0.0193. The quantitative estimate of drug-likeness (QED) is 0.752. The molecule has 2 heterocycles. The van der Waals surface area contributed by atoms with E-state index in [-0.39, 0.29) is 12.5 Å². The Hall–Kier alpha value is -3.34. The molecule has 0 saturated carbocycles. The van der Waals surface area contributed by atoms with Crippen molar-refractivity contribution in [1.29, 1.82) is 0 Å². The van der Waals surface area contributed by atoms with Crippen LogP contribution in [0.4, 0.5) is 5.69 Å². The summed E-state index contributed by atoms with van der Waals surface area (Å²) >= 11 is 0. The Morgan fingerprint density at radius 2 is 2.04 bits per heavy atom. The van der Waals surface area contributed by atoms with Gasteiger partial charge in [0.2, 0.25) is 0 Å². The first-order chi connectivity index (χ1) is 12.7. The van der Waals surface area contributed by atoms with E-state index in [1.165, 1.54) is 0 Å². The molecule has 130 valence electrons. The first kappa shape index (κ1) is 16.1. The number of rotatable bonds is 4. The van der Waals surface area contributed by atoms with Crippen LogP contribution in [0.1, 0.15) is 28.3 Å². The number of hydrogen-bond acceptors (Lipinski definition) is 4. The zero-order valence-electron chi connectivity index (χ0n) is 14.1. The van der Waals surface area contributed by atoms with E-state index in [0.717, 1.165) is 33.7 Å². The molecule has 4 rings (SSSR count). The number of aliphatic carboxylic acids is 1. The number of pyridine rings is 1. The van der Waals surface area contributed by atoms with Crippen molar-refractivity contribution in [3.05, 3.63) is 89.2 Å². The van der Waals surface area contributed by atoms with E-state index < -0.39 is 5.97 Å². The largest absolute Gasteiger partial charge is 0.489 e. The highest BCUT2D eigenvalue weighted by atomic mass is 16.5. The average molecular weight is 346 g/mol. The third-order valence-electron chi connectivity index (χ3n) is 4.46. The Balaban J connectivity index is 1.82. The van der Waals surface area contributed by atoms with Crippen molar-refractivity contribution in [2.75, 3.05) is 5.32 Å². The Kier molecular flexibility index (Phi) is 4.27. The molecular formula is C21H18N2O3. The fourth-order valence-electron chi connectivity index (χ4n) is 3.28. The zero-order valence-corrected chi connectivity index (χ0v) is 14.1. The molecule has 1 unspecified atom stereocenters. The third-order valence-corrected chi connectivity index (χ3v) is 4.46. The van der Waals surface area contributed by atoms with Crippen molar-refractivity contribution < 1.29 is 14.6 Å². The summed E-state index contributed by atoms with van der Waals surface area (Å²) in [6.45, 7) is 0.479. The van der Waals surface area contributed by atoms with Gasteiger partial charge in [-0.05, 0) is 41.0 Å².